The van der Waals surface area contributed by atoms with E-state index in [9.17, 15) is 17.6 Å². The molecular formula is C22H26FNO4S. The number of hydrogen-bond donors (Lipinski definition) is 2. The van der Waals surface area contributed by atoms with Crippen LogP contribution in [0.5, 0.6) is 0 Å². The Morgan fingerprint density at radius 2 is 2.07 bits per heavy atom. The number of aliphatic carboxylic acids is 1. The number of allylic oxidation sites excluding steroid dienone is 3. The summed E-state index contributed by atoms with van der Waals surface area (Å²) in [6.45, 7) is 2.15. The molecular weight excluding hydrogens is 393 g/mol. The van der Waals surface area contributed by atoms with Gasteiger partial charge in [-0.1, -0.05) is 30.7 Å². The van der Waals surface area contributed by atoms with Crippen molar-refractivity contribution < 1.29 is 22.7 Å². The van der Waals surface area contributed by atoms with Gasteiger partial charge in [0, 0.05) is 11.8 Å². The number of carbonyl (C=O) groups is 1. The quantitative estimate of drug-likeness (QED) is 0.457. The van der Waals surface area contributed by atoms with Crippen LogP contribution in [0.4, 0.5) is 4.39 Å². The van der Waals surface area contributed by atoms with Crippen LogP contribution in [0, 0.1) is 23.6 Å². The van der Waals surface area contributed by atoms with Crippen LogP contribution in [-0.4, -0.2) is 19.5 Å². The normalized spacial score (nSPS) is 22.7. The first-order valence-corrected chi connectivity index (χ1v) is 11.4. The number of carboxylic acid groups (broad SMARTS) is 1. The van der Waals surface area contributed by atoms with Crippen molar-refractivity contribution in [1.29, 1.82) is 0 Å². The van der Waals surface area contributed by atoms with Gasteiger partial charge in [0.2, 0.25) is 0 Å². The van der Waals surface area contributed by atoms with Gasteiger partial charge in [-0.2, -0.15) is 0 Å². The van der Waals surface area contributed by atoms with E-state index in [2.05, 4.69) is 17.7 Å². The van der Waals surface area contributed by atoms with Crippen molar-refractivity contribution >= 4 is 22.1 Å². The molecule has 7 heteroatoms. The van der Waals surface area contributed by atoms with E-state index in [1.807, 2.05) is 0 Å². The monoisotopic (exact) mass is 419 g/mol. The lowest BCUT2D eigenvalue weighted by molar-refractivity contribution is -0.131. The molecule has 1 fully saturated rings. The lowest BCUT2D eigenvalue weighted by atomic mass is 9.83. The molecule has 3 rings (SSSR count). The topological polar surface area (TPSA) is 83.5 Å². The summed E-state index contributed by atoms with van der Waals surface area (Å²) in [5.74, 6) is 0.0371. The van der Waals surface area contributed by atoms with Crippen molar-refractivity contribution in [2.24, 2.45) is 17.8 Å². The zero-order chi connectivity index (χ0) is 21.0. The Morgan fingerprint density at radius 3 is 2.66 bits per heavy atom. The van der Waals surface area contributed by atoms with Gasteiger partial charge in [0.05, 0.1) is 5.41 Å². The Hall–Kier alpha value is -2.41. The van der Waals surface area contributed by atoms with Crippen molar-refractivity contribution in [3.05, 3.63) is 64.5 Å². The average molecular weight is 420 g/mol. The summed E-state index contributed by atoms with van der Waals surface area (Å²) in [6.07, 6.45) is 9.14. The fourth-order valence-corrected chi connectivity index (χ4v) is 5.18. The molecule has 2 bridgehead atoms. The van der Waals surface area contributed by atoms with Gasteiger partial charge in [-0.05, 0) is 73.6 Å². The van der Waals surface area contributed by atoms with E-state index in [0.29, 0.717) is 30.2 Å². The van der Waals surface area contributed by atoms with Gasteiger partial charge in [0.1, 0.15) is 5.82 Å². The van der Waals surface area contributed by atoms with Crippen LogP contribution in [0.2, 0.25) is 0 Å². The SMILES string of the molecule is CC(CCC(=CC(=O)O)NS(=O)(=O)C=Cc1ccc(F)cc1)C1CC2CC=C1C2. The maximum Gasteiger partial charge on any atom is 0.330 e. The first-order chi connectivity index (χ1) is 13.7. The minimum absolute atomic E-state index is 0.158. The van der Waals surface area contributed by atoms with Gasteiger partial charge in [-0.25, -0.2) is 17.6 Å². The summed E-state index contributed by atoms with van der Waals surface area (Å²) >= 11 is 0. The van der Waals surface area contributed by atoms with Crippen LogP contribution < -0.4 is 4.72 Å². The van der Waals surface area contributed by atoms with Crippen LogP contribution >= 0.6 is 0 Å². The lowest BCUT2D eigenvalue weighted by Gasteiger charge is -2.23. The fourth-order valence-electron chi connectivity index (χ4n) is 4.25. The summed E-state index contributed by atoms with van der Waals surface area (Å²) in [7, 11) is -3.88. The van der Waals surface area contributed by atoms with Gasteiger partial charge in [0.25, 0.3) is 10.0 Å². The molecule has 0 amide bonds. The van der Waals surface area contributed by atoms with Crippen molar-refractivity contribution in [3.63, 3.8) is 0 Å². The van der Waals surface area contributed by atoms with E-state index in [4.69, 9.17) is 5.11 Å². The largest absolute Gasteiger partial charge is 0.478 e. The zero-order valence-electron chi connectivity index (χ0n) is 16.3. The number of halogens is 1. The number of carboxylic acids is 1. The number of rotatable bonds is 9. The van der Waals surface area contributed by atoms with Crippen LogP contribution in [0.3, 0.4) is 0 Å². The van der Waals surface area contributed by atoms with Crippen LogP contribution in [0.15, 0.2) is 53.1 Å². The molecule has 156 valence electrons. The molecule has 3 unspecified atom stereocenters. The third-order valence-electron chi connectivity index (χ3n) is 5.74. The third kappa shape index (κ3) is 6.03. The van der Waals surface area contributed by atoms with Crippen molar-refractivity contribution in [2.45, 2.75) is 39.0 Å². The van der Waals surface area contributed by atoms with E-state index >= 15 is 0 Å². The number of hydrogen-bond acceptors (Lipinski definition) is 3. The number of sulfonamides is 1. The van der Waals surface area contributed by atoms with Crippen molar-refractivity contribution in [2.75, 3.05) is 0 Å². The fraction of sp³-hybridized carbons (Fsp3) is 0.409. The third-order valence-corrected chi connectivity index (χ3v) is 6.78. The molecule has 1 aromatic carbocycles. The molecule has 0 heterocycles. The number of nitrogens with one attached hydrogen (secondary N) is 1. The van der Waals surface area contributed by atoms with Crippen molar-refractivity contribution in [1.82, 2.24) is 4.72 Å². The Balaban J connectivity index is 1.62. The molecule has 5 nitrogen and oxygen atoms in total. The molecule has 2 N–H and O–H groups in total. The summed E-state index contributed by atoms with van der Waals surface area (Å²) in [5.41, 5.74) is 2.19. The van der Waals surface area contributed by atoms with E-state index in [1.165, 1.54) is 55.2 Å². The van der Waals surface area contributed by atoms with E-state index in [1.54, 1.807) is 0 Å². The van der Waals surface area contributed by atoms with E-state index in [-0.39, 0.29) is 5.70 Å². The molecule has 0 aliphatic heterocycles. The molecule has 0 aromatic heterocycles. The van der Waals surface area contributed by atoms with Crippen molar-refractivity contribution in [3.8, 4) is 0 Å². The minimum Gasteiger partial charge on any atom is -0.478 e. The zero-order valence-corrected chi connectivity index (χ0v) is 17.2. The van der Waals surface area contributed by atoms with Crippen LogP contribution in [0.1, 0.15) is 44.6 Å². The predicted octanol–water partition coefficient (Wildman–Crippen LogP) is 4.46. The average Bonchev–Trinajstić information content (AvgIpc) is 3.28. The maximum atomic E-state index is 12.9. The van der Waals surface area contributed by atoms with Gasteiger partial charge in [0.15, 0.2) is 0 Å². The maximum absolute atomic E-state index is 12.9. The molecule has 1 saturated carbocycles. The van der Waals surface area contributed by atoms with Gasteiger partial charge in [-0.3, -0.25) is 4.72 Å². The van der Waals surface area contributed by atoms with Crippen LogP contribution in [-0.2, 0) is 14.8 Å². The summed E-state index contributed by atoms with van der Waals surface area (Å²) < 4.78 is 40.0. The molecule has 2 aliphatic rings. The summed E-state index contributed by atoms with van der Waals surface area (Å²) in [4.78, 5) is 11.1. The molecule has 0 saturated heterocycles. The molecule has 0 spiro atoms. The Labute approximate surface area is 171 Å². The van der Waals surface area contributed by atoms with Gasteiger partial charge >= 0.3 is 5.97 Å². The smallest absolute Gasteiger partial charge is 0.330 e. The highest BCUT2D eigenvalue weighted by Crippen LogP contribution is 2.48. The minimum atomic E-state index is -3.88. The molecule has 1 aromatic rings. The highest BCUT2D eigenvalue weighted by Gasteiger charge is 2.35. The molecule has 2 aliphatic carbocycles. The second-order valence-electron chi connectivity index (χ2n) is 7.95. The highest BCUT2D eigenvalue weighted by molar-refractivity contribution is 7.92. The van der Waals surface area contributed by atoms with Gasteiger partial charge < -0.3 is 5.11 Å². The summed E-state index contributed by atoms with van der Waals surface area (Å²) in [6, 6.07) is 5.39. The second-order valence-corrected chi connectivity index (χ2v) is 9.52. The first-order valence-electron chi connectivity index (χ1n) is 9.81. The van der Waals surface area contributed by atoms with E-state index < -0.39 is 21.8 Å². The lowest BCUT2D eigenvalue weighted by Crippen LogP contribution is -2.23. The Bertz CT molecular complexity index is 948. The highest BCUT2D eigenvalue weighted by atomic mass is 32.2. The number of benzene rings is 1. The molecule has 0 radical (unpaired) electrons. The molecule has 29 heavy (non-hydrogen) atoms. The van der Waals surface area contributed by atoms with Crippen LogP contribution in [0.25, 0.3) is 6.08 Å². The predicted molar refractivity (Wildman–Crippen MR) is 111 cm³/mol. The molecule has 3 atom stereocenters. The Morgan fingerprint density at radius 1 is 1.34 bits per heavy atom. The first kappa shape index (κ1) is 21.3. The second kappa shape index (κ2) is 8.95. The van der Waals surface area contributed by atoms with E-state index in [0.717, 1.165) is 17.4 Å². The van der Waals surface area contributed by atoms with Gasteiger partial charge in [-0.15, -0.1) is 0 Å². The number of fused-ring (bicyclic) bond motifs is 2. The summed E-state index contributed by atoms with van der Waals surface area (Å²) in [5, 5.41) is 10.1. The Kier molecular flexibility index (Phi) is 6.57. The standard InChI is InChI=1S/C22H26FNO4S/c1-15(21-13-17-3-6-18(21)12-17)2-9-20(14-22(25)26)24-29(27,28)11-10-16-4-7-19(23)8-5-16/h4-8,10-11,14-15,17,21,24H,2-3,9,12-13H2,1H3,(H,25,26).